The first-order valence-corrected chi connectivity index (χ1v) is 8.51. The van der Waals surface area contributed by atoms with Crippen LogP contribution >= 0.6 is 24.0 Å². The van der Waals surface area contributed by atoms with Gasteiger partial charge in [-0.15, -0.1) is 24.0 Å². The van der Waals surface area contributed by atoms with E-state index in [4.69, 9.17) is 0 Å². The molecule has 22 heavy (non-hydrogen) atoms. The molecule has 0 aromatic carbocycles. The van der Waals surface area contributed by atoms with Crippen molar-refractivity contribution in [2.75, 3.05) is 46.8 Å². The van der Waals surface area contributed by atoms with E-state index in [2.05, 4.69) is 53.2 Å². The summed E-state index contributed by atoms with van der Waals surface area (Å²) < 4.78 is 0. The van der Waals surface area contributed by atoms with Crippen LogP contribution in [0.3, 0.4) is 0 Å². The fourth-order valence-corrected chi connectivity index (χ4v) is 2.86. The Morgan fingerprint density at radius 1 is 1.36 bits per heavy atom. The first kappa shape index (κ1) is 21.9. The lowest BCUT2D eigenvalue weighted by Crippen LogP contribution is -2.46. The van der Waals surface area contributed by atoms with Crippen molar-refractivity contribution in [3.05, 3.63) is 0 Å². The van der Waals surface area contributed by atoms with Crippen molar-refractivity contribution in [2.24, 2.45) is 4.99 Å². The van der Waals surface area contributed by atoms with Crippen LogP contribution < -0.4 is 10.6 Å². The fraction of sp³-hybridized carbons (Fsp3) is 0.938. The third-order valence-corrected chi connectivity index (χ3v) is 4.73. The van der Waals surface area contributed by atoms with Gasteiger partial charge in [0.15, 0.2) is 5.96 Å². The van der Waals surface area contributed by atoms with Crippen LogP contribution in [0.25, 0.3) is 0 Å². The zero-order valence-electron chi connectivity index (χ0n) is 15.1. The Hall–Kier alpha value is -0.0800. The number of hydrogen-bond donors (Lipinski definition) is 2. The van der Waals surface area contributed by atoms with Crippen molar-refractivity contribution in [1.82, 2.24) is 20.4 Å². The molecule has 0 aromatic heterocycles. The monoisotopic (exact) mass is 425 g/mol. The molecule has 2 N–H and O–H groups in total. The first-order chi connectivity index (χ1) is 10.1. The minimum absolute atomic E-state index is 0. The maximum Gasteiger partial charge on any atom is 0.191 e. The molecule has 6 heteroatoms. The van der Waals surface area contributed by atoms with Crippen LogP contribution in [0.1, 0.15) is 40.0 Å². The summed E-state index contributed by atoms with van der Waals surface area (Å²) in [5, 5.41) is 6.89. The topological polar surface area (TPSA) is 42.9 Å². The van der Waals surface area contributed by atoms with E-state index in [0.717, 1.165) is 32.1 Å². The van der Waals surface area contributed by atoms with Gasteiger partial charge < -0.3 is 15.5 Å². The van der Waals surface area contributed by atoms with Crippen molar-refractivity contribution in [3.63, 3.8) is 0 Å². The number of likely N-dealkylation sites (N-methyl/N-ethyl adjacent to an activating group) is 2. The Labute approximate surface area is 154 Å². The predicted octanol–water partition coefficient (Wildman–Crippen LogP) is 1.98. The van der Waals surface area contributed by atoms with Gasteiger partial charge in [-0.3, -0.25) is 9.89 Å². The van der Waals surface area contributed by atoms with Crippen LogP contribution in [-0.2, 0) is 0 Å². The highest BCUT2D eigenvalue weighted by molar-refractivity contribution is 14.0. The molecule has 2 unspecified atom stereocenters. The molecular weight excluding hydrogens is 389 g/mol. The molecule has 5 nitrogen and oxygen atoms in total. The van der Waals surface area contributed by atoms with E-state index in [1.54, 1.807) is 0 Å². The van der Waals surface area contributed by atoms with E-state index in [1.807, 2.05) is 7.05 Å². The number of nitrogens with zero attached hydrogens (tertiary/aromatic N) is 3. The summed E-state index contributed by atoms with van der Waals surface area (Å²) in [5.41, 5.74) is 0. The number of nitrogens with one attached hydrogen (secondary N) is 2. The molecule has 1 aliphatic rings. The molecule has 1 aliphatic heterocycles. The molecule has 0 radical (unpaired) electrons. The van der Waals surface area contributed by atoms with Crippen molar-refractivity contribution in [2.45, 2.75) is 52.1 Å². The molecule has 0 bridgehead atoms. The Kier molecular flexibility index (Phi) is 12.3. The minimum atomic E-state index is 0. The van der Waals surface area contributed by atoms with E-state index in [9.17, 15) is 0 Å². The van der Waals surface area contributed by atoms with Gasteiger partial charge in [-0.05, 0) is 46.3 Å². The fourth-order valence-electron chi connectivity index (χ4n) is 2.86. The highest BCUT2D eigenvalue weighted by Crippen LogP contribution is 2.15. The van der Waals surface area contributed by atoms with Crippen LogP contribution in [0.2, 0.25) is 0 Å². The number of guanidine groups is 1. The first-order valence-electron chi connectivity index (χ1n) is 8.51. The number of halogens is 1. The predicted molar refractivity (Wildman–Crippen MR) is 107 cm³/mol. The van der Waals surface area contributed by atoms with E-state index in [0.29, 0.717) is 12.1 Å². The van der Waals surface area contributed by atoms with Crippen LogP contribution in [-0.4, -0.2) is 74.7 Å². The zero-order chi connectivity index (χ0) is 15.7. The lowest BCUT2D eigenvalue weighted by atomic mass is 10.2. The van der Waals surface area contributed by atoms with Crippen LogP contribution in [0.5, 0.6) is 0 Å². The largest absolute Gasteiger partial charge is 0.355 e. The average molecular weight is 425 g/mol. The summed E-state index contributed by atoms with van der Waals surface area (Å²) in [7, 11) is 4.03. The molecule has 1 rings (SSSR count). The molecule has 1 saturated heterocycles. The summed E-state index contributed by atoms with van der Waals surface area (Å²) in [6.07, 6.45) is 3.82. The maximum atomic E-state index is 4.32. The van der Waals surface area contributed by atoms with E-state index in [-0.39, 0.29) is 24.0 Å². The Balaban J connectivity index is 0.00000441. The SMILES string of the molecule is CCC(C)N(C)CCNC(=NC)NCC1CCCN1CC.I. The summed E-state index contributed by atoms with van der Waals surface area (Å²) in [5.74, 6) is 0.926. The van der Waals surface area contributed by atoms with Gasteiger partial charge in [0.1, 0.15) is 0 Å². The number of rotatable bonds is 8. The van der Waals surface area contributed by atoms with Crippen molar-refractivity contribution < 1.29 is 0 Å². The molecule has 0 saturated carbocycles. The Bertz CT molecular complexity index is 311. The number of aliphatic imine (C=N–C) groups is 1. The third-order valence-electron chi connectivity index (χ3n) is 4.73. The summed E-state index contributed by atoms with van der Waals surface area (Å²) >= 11 is 0. The van der Waals surface area contributed by atoms with Gasteiger partial charge in [0.05, 0.1) is 0 Å². The molecule has 0 spiro atoms. The van der Waals surface area contributed by atoms with Gasteiger partial charge in [0.25, 0.3) is 0 Å². The lowest BCUT2D eigenvalue weighted by Gasteiger charge is -2.25. The van der Waals surface area contributed by atoms with Gasteiger partial charge in [0, 0.05) is 38.8 Å². The zero-order valence-corrected chi connectivity index (χ0v) is 17.4. The Morgan fingerprint density at radius 2 is 2.09 bits per heavy atom. The Morgan fingerprint density at radius 3 is 2.68 bits per heavy atom. The lowest BCUT2D eigenvalue weighted by molar-refractivity contribution is 0.255. The highest BCUT2D eigenvalue weighted by Gasteiger charge is 2.22. The van der Waals surface area contributed by atoms with Gasteiger partial charge in [-0.1, -0.05) is 13.8 Å². The van der Waals surface area contributed by atoms with Crippen LogP contribution in [0.15, 0.2) is 4.99 Å². The highest BCUT2D eigenvalue weighted by atomic mass is 127. The van der Waals surface area contributed by atoms with Gasteiger partial charge in [-0.2, -0.15) is 0 Å². The van der Waals surface area contributed by atoms with E-state index >= 15 is 0 Å². The third kappa shape index (κ3) is 7.46. The van der Waals surface area contributed by atoms with Gasteiger partial charge >= 0.3 is 0 Å². The normalized spacial score (nSPS) is 20.8. The number of hydrogen-bond acceptors (Lipinski definition) is 3. The molecule has 132 valence electrons. The standard InChI is InChI=1S/C16H35N5.HI/c1-6-14(3)20(5)12-10-18-16(17-4)19-13-15-9-8-11-21(15)7-2;/h14-15H,6-13H2,1-5H3,(H2,17,18,19);1H. The molecule has 0 amide bonds. The molecule has 0 aliphatic carbocycles. The molecule has 1 fully saturated rings. The summed E-state index contributed by atoms with van der Waals surface area (Å²) in [6.45, 7) is 12.1. The van der Waals surface area contributed by atoms with Gasteiger partial charge in [-0.25, -0.2) is 0 Å². The molecule has 0 aromatic rings. The average Bonchev–Trinajstić information content (AvgIpc) is 2.96. The summed E-state index contributed by atoms with van der Waals surface area (Å²) in [6, 6.07) is 1.30. The molecule has 2 atom stereocenters. The summed E-state index contributed by atoms with van der Waals surface area (Å²) in [4.78, 5) is 9.26. The maximum absolute atomic E-state index is 4.32. The second-order valence-corrected chi connectivity index (χ2v) is 6.04. The number of likely N-dealkylation sites (tertiary alicyclic amines) is 1. The van der Waals surface area contributed by atoms with Crippen LogP contribution in [0, 0.1) is 0 Å². The molecule has 1 heterocycles. The second-order valence-electron chi connectivity index (χ2n) is 6.04. The van der Waals surface area contributed by atoms with Crippen molar-refractivity contribution in [3.8, 4) is 0 Å². The quantitative estimate of drug-likeness (QED) is 0.355. The smallest absolute Gasteiger partial charge is 0.191 e. The molecular formula is C16H36IN5. The van der Waals surface area contributed by atoms with Crippen molar-refractivity contribution in [1.29, 1.82) is 0 Å². The van der Waals surface area contributed by atoms with E-state index < -0.39 is 0 Å². The van der Waals surface area contributed by atoms with E-state index in [1.165, 1.54) is 25.8 Å². The van der Waals surface area contributed by atoms with Gasteiger partial charge in [0.2, 0.25) is 0 Å². The second kappa shape index (κ2) is 12.4. The minimum Gasteiger partial charge on any atom is -0.355 e. The van der Waals surface area contributed by atoms with Crippen molar-refractivity contribution >= 4 is 29.9 Å². The van der Waals surface area contributed by atoms with Crippen LogP contribution in [0.4, 0.5) is 0 Å².